The van der Waals surface area contributed by atoms with E-state index in [0.717, 1.165) is 12.8 Å². The van der Waals surface area contributed by atoms with Gasteiger partial charge in [-0.25, -0.2) is 0 Å². The largest absolute Gasteiger partial charge is 0.394 e. The number of aliphatic hydroxyl groups excluding tert-OH is 1. The second kappa shape index (κ2) is 3.59. The Bertz CT molecular complexity index is 430. The fourth-order valence-electron chi connectivity index (χ4n) is 3.02. The summed E-state index contributed by atoms with van der Waals surface area (Å²) in [5.41, 5.74) is 2.57. The normalized spacial score (nSPS) is 27.8. The van der Waals surface area contributed by atoms with Gasteiger partial charge in [-0.2, -0.15) is 0 Å². The third-order valence-electron chi connectivity index (χ3n) is 3.73. The molecule has 16 heavy (non-hydrogen) atoms. The number of benzene rings is 1. The lowest BCUT2D eigenvalue weighted by Crippen LogP contribution is -2.45. The number of rotatable bonds is 1. The van der Waals surface area contributed by atoms with Crippen LogP contribution in [0.15, 0.2) is 24.3 Å². The zero-order valence-electron chi connectivity index (χ0n) is 9.10. The van der Waals surface area contributed by atoms with E-state index in [-0.39, 0.29) is 24.6 Å². The zero-order valence-corrected chi connectivity index (χ0v) is 9.10. The van der Waals surface area contributed by atoms with Crippen molar-refractivity contribution in [2.24, 2.45) is 0 Å². The van der Waals surface area contributed by atoms with Crippen molar-refractivity contribution < 1.29 is 9.90 Å². The van der Waals surface area contributed by atoms with Gasteiger partial charge in [-0.05, 0) is 24.0 Å². The molecule has 3 heteroatoms. The molecule has 3 rings (SSSR count). The molecule has 0 saturated carbocycles. The standard InChI is InChI=1S/C13H15NO2/c15-8-10-7-9-3-1-2-4-11(9)12-5-6-13(16)14(10)12/h1-4,10,12,15H,5-8H2/t10-,12+/m0/s1. The number of hydrogen-bond donors (Lipinski definition) is 1. The average molecular weight is 217 g/mol. The van der Waals surface area contributed by atoms with Crippen LogP contribution < -0.4 is 0 Å². The maximum atomic E-state index is 11.8. The lowest BCUT2D eigenvalue weighted by atomic mass is 9.89. The van der Waals surface area contributed by atoms with E-state index < -0.39 is 0 Å². The van der Waals surface area contributed by atoms with Crippen LogP contribution in [-0.2, 0) is 11.2 Å². The third-order valence-corrected chi connectivity index (χ3v) is 3.73. The van der Waals surface area contributed by atoms with Gasteiger partial charge in [0.15, 0.2) is 0 Å². The molecule has 1 fully saturated rings. The highest BCUT2D eigenvalue weighted by atomic mass is 16.3. The summed E-state index contributed by atoms with van der Waals surface area (Å²) in [6, 6.07) is 8.46. The summed E-state index contributed by atoms with van der Waals surface area (Å²) >= 11 is 0. The molecule has 2 aliphatic rings. The Hall–Kier alpha value is -1.35. The van der Waals surface area contributed by atoms with E-state index in [1.807, 2.05) is 17.0 Å². The summed E-state index contributed by atoms with van der Waals surface area (Å²) in [6.45, 7) is 0.0660. The molecule has 0 aliphatic carbocycles. The van der Waals surface area contributed by atoms with Crippen LogP contribution in [0.4, 0.5) is 0 Å². The molecule has 1 amide bonds. The van der Waals surface area contributed by atoms with Crippen LogP contribution in [0.5, 0.6) is 0 Å². The molecule has 0 unspecified atom stereocenters. The first kappa shape index (κ1) is 9.85. The number of carbonyl (C=O) groups is 1. The molecule has 0 bridgehead atoms. The molecule has 1 N–H and O–H groups in total. The van der Waals surface area contributed by atoms with E-state index in [2.05, 4.69) is 12.1 Å². The molecule has 2 aliphatic heterocycles. The van der Waals surface area contributed by atoms with Gasteiger partial charge in [0.2, 0.25) is 5.91 Å². The smallest absolute Gasteiger partial charge is 0.223 e. The first-order chi connectivity index (χ1) is 7.81. The number of amides is 1. The van der Waals surface area contributed by atoms with Gasteiger partial charge in [-0.3, -0.25) is 4.79 Å². The summed E-state index contributed by atoms with van der Waals surface area (Å²) in [4.78, 5) is 13.7. The number of fused-ring (bicyclic) bond motifs is 3. The lowest BCUT2D eigenvalue weighted by Gasteiger charge is -2.38. The Kier molecular flexibility index (Phi) is 2.21. The summed E-state index contributed by atoms with van der Waals surface area (Å²) in [5.74, 6) is 0.193. The van der Waals surface area contributed by atoms with Crippen LogP contribution in [0.1, 0.15) is 30.0 Å². The Balaban J connectivity index is 2.07. The molecule has 2 heterocycles. The quantitative estimate of drug-likeness (QED) is 0.769. The maximum Gasteiger partial charge on any atom is 0.223 e. The van der Waals surface area contributed by atoms with Gasteiger partial charge in [0.1, 0.15) is 0 Å². The van der Waals surface area contributed by atoms with E-state index in [0.29, 0.717) is 6.42 Å². The Morgan fingerprint density at radius 1 is 1.38 bits per heavy atom. The van der Waals surface area contributed by atoms with Crippen LogP contribution in [-0.4, -0.2) is 28.6 Å². The third kappa shape index (κ3) is 1.28. The zero-order chi connectivity index (χ0) is 11.1. The predicted molar refractivity (Wildman–Crippen MR) is 59.8 cm³/mol. The minimum absolute atomic E-state index is 0.0186. The fraction of sp³-hybridized carbons (Fsp3) is 0.462. The highest BCUT2D eigenvalue weighted by Crippen LogP contribution is 2.40. The minimum atomic E-state index is -0.0186. The van der Waals surface area contributed by atoms with Crippen molar-refractivity contribution in [2.45, 2.75) is 31.3 Å². The van der Waals surface area contributed by atoms with Crippen molar-refractivity contribution in [3.8, 4) is 0 Å². The second-order valence-electron chi connectivity index (χ2n) is 4.59. The van der Waals surface area contributed by atoms with E-state index in [9.17, 15) is 9.90 Å². The molecule has 0 radical (unpaired) electrons. The lowest BCUT2D eigenvalue weighted by molar-refractivity contribution is -0.132. The minimum Gasteiger partial charge on any atom is -0.394 e. The van der Waals surface area contributed by atoms with Crippen LogP contribution >= 0.6 is 0 Å². The van der Waals surface area contributed by atoms with Gasteiger partial charge in [-0.1, -0.05) is 24.3 Å². The van der Waals surface area contributed by atoms with Gasteiger partial charge in [0, 0.05) is 6.42 Å². The van der Waals surface area contributed by atoms with E-state index >= 15 is 0 Å². The summed E-state index contributed by atoms with van der Waals surface area (Å²) in [7, 11) is 0. The van der Waals surface area contributed by atoms with Gasteiger partial charge in [0.25, 0.3) is 0 Å². The molecule has 1 aromatic rings. The Morgan fingerprint density at radius 2 is 2.19 bits per heavy atom. The molecular weight excluding hydrogens is 202 g/mol. The van der Waals surface area contributed by atoms with Crippen LogP contribution in [0.3, 0.4) is 0 Å². The van der Waals surface area contributed by atoms with Crippen LogP contribution in [0.25, 0.3) is 0 Å². The van der Waals surface area contributed by atoms with Crippen LogP contribution in [0.2, 0.25) is 0 Å². The van der Waals surface area contributed by atoms with Crippen molar-refractivity contribution in [3.63, 3.8) is 0 Å². The maximum absolute atomic E-state index is 11.8. The average Bonchev–Trinajstić information content (AvgIpc) is 2.71. The molecule has 3 nitrogen and oxygen atoms in total. The summed E-state index contributed by atoms with van der Waals surface area (Å²) in [6.07, 6.45) is 2.30. The first-order valence-corrected chi connectivity index (χ1v) is 5.81. The van der Waals surface area contributed by atoms with Crippen molar-refractivity contribution >= 4 is 5.91 Å². The summed E-state index contributed by atoms with van der Waals surface area (Å²) < 4.78 is 0. The van der Waals surface area contributed by atoms with Gasteiger partial charge in [0.05, 0.1) is 18.7 Å². The van der Waals surface area contributed by atoms with Crippen molar-refractivity contribution in [1.82, 2.24) is 4.90 Å². The highest BCUT2D eigenvalue weighted by molar-refractivity contribution is 5.80. The van der Waals surface area contributed by atoms with E-state index in [1.165, 1.54) is 11.1 Å². The van der Waals surface area contributed by atoms with Gasteiger partial charge < -0.3 is 10.0 Å². The number of carbonyl (C=O) groups excluding carboxylic acids is 1. The highest BCUT2D eigenvalue weighted by Gasteiger charge is 2.40. The fourth-order valence-corrected chi connectivity index (χ4v) is 3.02. The molecule has 1 aromatic carbocycles. The van der Waals surface area contributed by atoms with E-state index in [4.69, 9.17) is 0 Å². The number of aliphatic hydroxyl groups is 1. The Labute approximate surface area is 94.7 Å². The van der Waals surface area contributed by atoms with Crippen molar-refractivity contribution in [3.05, 3.63) is 35.4 Å². The van der Waals surface area contributed by atoms with Gasteiger partial charge in [-0.15, -0.1) is 0 Å². The first-order valence-electron chi connectivity index (χ1n) is 5.81. The molecular formula is C13H15NO2. The molecule has 0 spiro atoms. The van der Waals surface area contributed by atoms with E-state index in [1.54, 1.807) is 0 Å². The topological polar surface area (TPSA) is 40.5 Å². The van der Waals surface area contributed by atoms with Gasteiger partial charge >= 0.3 is 0 Å². The molecule has 2 atom stereocenters. The number of hydrogen-bond acceptors (Lipinski definition) is 2. The number of nitrogens with zero attached hydrogens (tertiary/aromatic N) is 1. The summed E-state index contributed by atoms with van der Waals surface area (Å²) in [5, 5.41) is 9.39. The SMILES string of the molecule is O=C1CC[C@@H]2c3ccccc3C[C@@H](CO)N12. The molecule has 0 aromatic heterocycles. The van der Waals surface area contributed by atoms with Crippen molar-refractivity contribution in [1.29, 1.82) is 0 Å². The predicted octanol–water partition coefficient (Wildman–Crippen LogP) is 1.27. The van der Waals surface area contributed by atoms with Crippen molar-refractivity contribution in [2.75, 3.05) is 6.61 Å². The Morgan fingerprint density at radius 3 is 3.00 bits per heavy atom. The second-order valence-corrected chi connectivity index (χ2v) is 4.59. The molecule has 1 saturated heterocycles. The monoisotopic (exact) mass is 217 g/mol. The molecule has 84 valence electrons. The van der Waals surface area contributed by atoms with Crippen LogP contribution in [0, 0.1) is 0 Å².